The fraction of sp³-hybridized carbons (Fsp3) is 0.444. The quantitative estimate of drug-likeness (QED) is 0.857. The summed E-state index contributed by atoms with van der Waals surface area (Å²) in [6.07, 6.45) is 2.18. The molecule has 2 aromatic rings. The first-order chi connectivity index (χ1) is 11.1. The molecular formula is C18H22N2O2S. The highest BCUT2D eigenvalue weighted by atomic mass is 32.1. The van der Waals surface area contributed by atoms with E-state index in [1.807, 2.05) is 41.5 Å². The van der Waals surface area contributed by atoms with Crippen LogP contribution in [0.1, 0.15) is 24.8 Å². The normalized spacial score (nSPS) is 15.7. The third-order valence-electron chi connectivity index (χ3n) is 4.27. The number of ether oxygens (including phenoxy) is 1. The summed E-state index contributed by atoms with van der Waals surface area (Å²) in [6.45, 7) is 6.06. The number of hydrogen-bond donors (Lipinski definition) is 0. The van der Waals surface area contributed by atoms with Gasteiger partial charge >= 0.3 is 0 Å². The number of benzene rings is 1. The van der Waals surface area contributed by atoms with E-state index >= 15 is 0 Å². The minimum Gasteiger partial charge on any atom is -0.484 e. The predicted octanol–water partition coefficient (Wildman–Crippen LogP) is 3.76. The molecule has 0 N–H and O–H groups in total. The third kappa shape index (κ3) is 4.10. The fourth-order valence-electron chi connectivity index (χ4n) is 2.71. The van der Waals surface area contributed by atoms with Crippen molar-refractivity contribution in [1.82, 2.24) is 9.88 Å². The van der Waals surface area contributed by atoms with Crippen LogP contribution < -0.4 is 4.74 Å². The average Bonchev–Trinajstić information content (AvgIpc) is 3.00. The molecule has 4 nitrogen and oxygen atoms in total. The van der Waals surface area contributed by atoms with Crippen LogP contribution in [0.2, 0.25) is 0 Å². The van der Waals surface area contributed by atoms with Gasteiger partial charge in [-0.05, 0) is 49.9 Å². The molecule has 1 aromatic carbocycles. The third-order valence-corrected chi connectivity index (χ3v) is 5.04. The zero-order chi connectivity index (χ0) is 16.2. The van der Waals surface area contributed by atoms with E-state index in [1.165, 1.54) is 0 Å². The number of piperidine rings is 1. The van der Waals surface area contributed by atoms with Crippen molar-refractivity contribution < 1.29 is 9.53 Å². The second kappa shape index (κ2) is 7.13. The Morgan fingerprint density at radius 2 is 2.00 bits per heavy atom. The van der Waals surface area contributed by atoms with Crippen molar-refractivity contribution in [2.24, 2.45) is 5.92 Å². The van der Waals surface area contributed by atoms with Gasteiger partial charge in [-0.1, -0.05) is 6.92 Å². The lowest BCUT2D eigenvalue weighted by Gasteiger charge is -2.30. The Labute approximate surface area is 141 Å². The second-order valence-corrected chi connectivity index (χ2v) is 7.19. The number of thiazole rings is 1. The standard InChI is InChI=1S/C18H22N2O2S/c1-13-7-9-20(10-8-13)18(21)11-22-16-5-3-15(4-6-16)17-12-23-14(2)19-17/h3-6,12-13H,7-11H2,1-2H3. The molecule has 1 aliphatic heterocycles. The van der Waals surface area contributed by atoms with Crippen LogP contribution >= 0.6 is 11.3 Å². The molecular weight excluding hydrogens is 308 g/mol. The molecule has 0 spiro atoms. The first-order valence-corrected chi connectivity index (χ1v) is 8.93. The summed E-state index contributed by atoms with van der Waals surface area (Å²) in [5.74, 6) is 1.53. The highest BCUT2D eigenvalue weighted by Gasteiger charge is 2.20. The van der Waals surface area contributed by atoms with Crippen molar-refractivity contribution in [2.45, 2.75) is 26.7 Å². The molecule has 0 aliphatic carbocycles. The summed E-state index contributed by atoms with van der Waals surface area (Å²) < 4.78 is 5.63. The highest BCUT2D eigenvalue weighted by molar-refractivity contribution is 7.09. The molecule has 1 aliphatic rings. The smallest absolute Gasteiger partial charge is 0.260 e. The Bertz CT molecular complexity index is 658. The van der Waals surface area contributed by atoms with Crippen molar-refractivity contribution in [3.63, 3.8) is 0 Å². The number of amides is 1. The molecule has 122 valence electrons. The summed E-state index contributed by atoms with van der Waals surface area (Å²) >= 11 is 1.64. The molecule has 23 heavy (non-hydrogen) atoms. The van der Waals surface area contributed by atoms with Gasteiger partial charge in [0.1, 0.15) is 5.75 Å². The number of likely N-dealkylation sites (tertiary alicyclic amines) is 1. The molecule has 1 fully saturated rings. The molecule has 1 saturated heterocycles. The molecule has 1 aromatic heterocycles. The Hall–Kier alpha value is -1.88. The van der Waals surface area contributed by atoms with Crippen LogP contribution in [0, 0.1) is 12.8 Å². The largest absolute Gasteiger partial charge is 0.484 e. The van der Waals surface area contributed by atoms with Crippen LogP contribution in [0.15, 0.2) is 29.6 Å². The molecule has 0 bridgehead atoms. The van der Waals surface area contributed by atoms with Crippen molar-refractivity contribution in [1.29, 1.82) is 0 Å². The van der Waals surface area contributed by atoms with Gasteiger partial charge in [-0.15, -0.1) is 11.3 Å². The average molecular weight is 330 g/mol. The Morgan fingerprint density at radius 3 is 2.61 bits per heavy atom. The van der Waals surface area contributed by atoms with Crippen LogP contribution in [0.5, 0.6) is 5.75 Å². The summed E-state index contributed by atoms with van der Waals surface area (Å²) in [7, 11) is 0. The van der Waals surface area contributed by atoms with E-state index < -0.39 is 0 Å². The van der Waals surface area contributed by atoms with Gasteiger partial charge in [-0.2, -0.15) is 0 Å². The van der Waals surface area contributed by atoms with Gasteiger partial charge in [0, 0.05) is 24.0 Å². The monoisotopic (exact) mass is 330 g/mol. The fourth-order valence-corrected chi connectivity index (χ4v) is 3.33. The maximum atomic E-state index is 12.2. The highest BCUT2D eigenvalue weighted by Crippen LogP contribution is 2.24. The maximum absolute atomic E-state index is 12.2. The zero-order valence-electron chi connectivity index (χ0n) is 13.6. The van der Waals surface area contributed by atoms with Gasteiger partial charge < -0.3 is 9.64 Å². The number of aromatic nitrogens is 1. The van der Waals surface area contributed by atoms with Crippen molar-refractivity contribution in [3.05, 3.63) is 34.7 Å². The second-order valence-electron chi connectivity index (χ2n) is 6.13. The van der Waals surface area contributed by atoms with Crippen LogP contribution in [-0.2, 0) is 4.79 Å². The molecule has 2 heterocycles. The van der Waals surface area contributed by atoms with E-state index in [1.54, 1.807) is 11.3 Å². The Morgan fingerprint density at radius 1 is 1.30 bits per heavy atom. The molecule has 0 atom stereocenters. The van der Waals surface area contributed by atoms with Gasteiger partial charge in [0.2, 0.25) is 0 Å². The molecule has 0 saturated carbocycles. The van der Waals surface area contributed by atoms with E-state index in [-0.39, 0.29) is 12.5 Å². The van der Waals surface area contributed by atoms with Crippen molar-refractivity contribution >= 4 is 17.2 Å². The predicted molar refractivity (Wildman–Crippen MR) is 92.8 cm³/mol. The SMILES string of the molecule is Cc1nc(-c2ccc(OCC(=O)N3CCC(C)CC3)cc2)cs1. The van der Waals surface area contributed by atoms with Gasteiger partial charge in [0.25, 0.3) is 5.91 Å². The van der Waals surface area contributed by atoms with Crippen molar-refractivity contribution in [2.75, 3.05) is 19.7 Å². The molecule has 0 unspecified atom stereocenters. The number of rotatable bonds is 4. The first-order valence-electron chi connectivity index (χ1n) is 8.05. The lowest BCUT2D eigenvalue weighted by Crippen LogP contribution is -2.40. The van der Waals surface area contributed by atoms with Gasteiger partial charge in [0.15, 0.2) is 6.61 Å². The Kier molecular flexibility index (Phi) is 4.96. The number of carbonyl (C=O) groups excluding carboxylic acids is 1. The van der Waals surface area contributed by atoms with E-state index in [2.05, 4.69) is 11.9 Å². The van der Waals surface area contributed by atoms with E-state index in [0.29, 0.717) is 0 Å². The van der Waals surface area contributed by atoms with Crippen molar-refractivity contribution in [3.8, 4) is 17.0 Å². The Balaban J connectivity index is 1.53. The van der Waals surface area contributed by atoms with Gasteiger partial charge in [-0.3, -0.25) is 4.79 Å². The number of hydrogen-bond acceptors (Lipinski definition) is 4. The van der Waals surface area contributed by atoms with E-state index in [4.69, 9.17) is 4.74 Å². The lowest BCUT2D eigenvalue weighted by molar-refractivity contribution is -0.134. The van der Waals surface area contributed by atoms with Gasteiger partial charge in [0.05, 0.1) is 10.7 Å². The topological polar surface area (TPSA) is 42.4 Å². The van der Waals surface area contributed by atoms with Crippen LogP contribution in [0.25, 0.3) is 11.3 Å². The molecule has 3 rings (SSSR count). The van der Waals surface area contributed by atoms with Crippen LogP contribution in [0.4, 0.5) is 0 Å². The zero-order valence-corrected chi connectivity index (χ0v) is 14.4. The van der Waals surface area contributed by atoms with Crippen LogP contribution in [-0.4, -0.2) is 35.5 Å². The van der Waals surface area contributed by atoms with Gasteiger partial charge in [-0.25, -0.2) is 4.98 Å². The number of carbonyl (C=O) groups is 1. The summed E-state index contributed by atoms with van der Waals surface area (Å²) in [6, 6.07) is 7.76. The minimum atomic E-state index is 0.0797. The molecule has 0 radical (unpaired) electrons. The first kappa shape index (κ1) is 16.0. The number of nitrogens with zero attached hydrogens (tertiary/aromatic N) is 2. The summed E-state index contributed by atoms with van der Waals surface area (Å²) in [4.78, 5) is 18.5. The number of aryl methyl sites for hydroxylation is 1. The van der Waals surface area contributed by atoms with Crippen LogP contribution in [0.3, 0.4) is 0 Å². The molecule has 5 heteroatoms. The lowest BCUT2D eigenvalue weighted by atomic mass is 9.99. The molecule has 1 amide bonds. The summed E-state index contributed by atoms with van der Waals surface area (Å²) in [5.41, 5.74) is 2.05. The van der Waals surface area contributed by atoms with E-state index in [0.717, 1.165) is 53.9 Å². The maximum Gasteiger partial charge on any atom is 0.260 e. The minimum absolute atomic E-state index is 0.0797. The summed E-state index contributed by atoms with van der Waals surface area (Å²) in [5, 5.41) is 3.10. The van der Waals surface area contributed by atoms with E-state index in [9.17, 15) is 4.79 Å².